The number of aromatic nitrogens is 2. The summed E-state index contributed by atoms with van der Waals surface area (Å²) in [4.78, 5) is 0. The Balaban J connectivity index is 1.58. The fourth-order valence-electron chi connectivity index (χ4n) is 6.85. The standard InChI is InChI=1S/C40H63N2/c1-4-6-8-9-10-11-12-13-14-15-16-17-18-25-31-39(42-34-33-41(36-42)32-26-7-5-2)40(3,38-29-23-20-24-30-38)35-37-27-21-19-22-28-37/h19-24,27-30,33-34,36,39H,4-18,25-26,31-32,35H2,1-3H3/q+1. The fraction of sp³-hybridized carbons (Fsp3) is 0.625. The van der Waals surface area contributed by atoms with Crippen LogP contribution in [0.2, 0.25) is 0 Å². The van der Waals surface area contributed by atoms with E-state index in [-0.39, 0.29) is 5.41 Å². The van der Waals surface area contributed by atoms with Crippen molar-refractivity contribution in [1.82, 2.24) is 4.57 Å². The summed E-state index contributed by atoms with van der Waals surface area (Å²) < 4.78 is 4.98. The smallest absolute Gasteiger partial charge is 0.237 e. The van der Waals surface area contributed by atoms with E-state index in [9.17, 15) is 0 Å². The first kappa shape index (κ1) is 34.1. The molecular weight excluding hydrogens is 508 g/mol. The van der Waals surface area contributed by atoms with Gasteiger partial charge in [-0.25, -0.2) is 9.13 Å². The van der Waals surface area contributed by atoms with E-state index in [2.05, 4.69) is 109 Å². The molecule has 2 nitrogen and oxygen atoms in total. The summed E-state index contributed by atoms with van der Waals surface area (Å²) in [6.07, 6.45) is 32.9. The third kappa shape index (κ3) is 12.1. The molecule has 2 aromatic carbocycles. The molecule has 3 rings (SSSR count). The van der Waals surface area contributed by atoms with Gasteiger partial charge in [-0.3, -0.25) is 0 Å². The molecule has 0 saturated carbocycles. The van der Waals surface area contributed by atoms with Gasteiger partial charge in [0.1, 0.15) is 18.4 Å². The lowest BCUT2D eigenvalue weighted by Gasteiger charge is -2.37. The summed E-state index contributed by atoms with van der Waals surface area (Å²) in [7, 11) is 0. The molecule has 2 unspecified atom stereocenters. The first-order valence-corrected chi connectivity index (χ1v) is 17.8. The molecule has 0 fully saturated rings. The van der Waals surface area contributed by atoms with E-state index in [1.807, 2.05) is 0 Å². The van der Waals surface area contributed by atoms with E-state index >= 15 is 0 Å². The van der Waals surface area contributed by atoms with Gasteiger partial charge in [0.05, 0.1) is 6.54 Å². The average molecular weight is 572 g/mol. The molecule has 0 radical (unpaired) electrons. The zero-order valence-corrected chi connectivity index (χ0v) is 27.6. The molecule has 42 heavy (non-hydrogen) atoms. The molecule has 3 aromatic rings. The molecule has 0 aliphatic rings. The first-order valence-electron chi connectivity index (χ1n) is 17.8. The van der Waals surface area contributed by atoms with Crippen molar-refractivity contribution in [1.29, 1.82) is 0 Å². The lowest BCUT2D eigenvalue weighted by atomic mass is 9.70. The van der Waals surface area contributed by atoms with Crippen molar-refractivity contribution in [2.75, 3.05) is 0 Å². The zero-order chi connectivity index (χ0) is 29.7. The minimum atomic E-state index is 0.0133. The van der Waals surface area contributed by atoms with E-state index in [1.54, 1.807) is 0 Å². The minimum absolute atomic E-state index is 0.0133. The normalized spacial score (nSPS) is 13.7. The van der Waals surface area contributed by atoms with Gasteiger partial charge in [0.15, 0.2) is 0 Å². The molecule has 0 aliphatic heterocycles. The molecule has 0 amide bonds. The number of benzene rings is 2. The third-order valence-corrected chi connectivity index (χ3v) is 9.51. The highest BCUT2D eigenvalue weighted by Crippen LogP contribution is 2.41. The van der Waals surface area contributed by atoms with Crippen LogP contribution >= 0.6 is 0 Å². The van der Waals surface area contributed by atoms with E-state index in [0.717, 1.165) is 13.0 Å². The van der Waals surface area contributed by atoms with Crippen molar-refractivity contribution in [2.45, 2.75) is 161 Å². The molecule has 232 valence electrons. The van der Waals surface area contributed by atoms with Crippen LogP contribution < -0.4 is 4.57 Å². The second-order valence-corrected chi connectivity index (χ2v) is 13.2. The van der Waals surface area contributed by atoms with E-state index in [1.165, 1.54) is 127 Å². The Morgan fingerprint density at radius 2 is 1.12 bits per heavy atom. The van der Waals surface area contributed by atoms with Crippen molar-refractivity contribution in [3.63, 3.8) is 0 Å². The van der Waals surface area contributed by atoms with Crippen LogP contribution in [0.3, 0.4) is 0 Å². The van der Waals surface area contributed by atoms with Crippen LogP contribution in [0.15, 0.2) is 79.4 Å². The lowest BCUT2D eigenvalue weighted by molar-refractivity contribution is -0.697. The molecular formula is C40H63N2+. The summed E-state index contributed by atoms with van der Waals surface area (Å²) in [5.41, 5.74) is 2.90. The maximum absolute atomic E-state index is 2.56. The predicted octanol–water partition coefficient (Wildman–Crippen LogP) is 11.6. The van der Waals surface area contributed by atoms with Gasteiger partial charge in [-0.1, -0.05) is 171 Å². The summed E-state index contributed by atoms with van der Waals surface area (Å²) in [5, 5.41) is 0. The van der Waals surface area contributed by atoms with Crippen LogP contribution in [-0.2, 0) is 18.4 Å². The molecule has 0 aliphatic carbocycles. The summed E-state index contributed by atoms with van der Waals surface area (Å²) in [6.45, 7) is 8.23. The van der Waals surface area contributed by atoms with Crippen molar-refractivity contribution < 1.29 is 4.57 Å². The number of hydrogen-bond donors (Lipinski definition) is 0. The minimum Gasteiger partial charge on any atom is -0.237 e. The zero-order valence-electron chi connectivity index (χ0n) is 27.6. The van der Waals surface area contributed by atoms with E-state index in [4.69, 9.17) is 0 Å². The molecule has 0 saturated heterocycles. The van der Waals surface area contributed by atoms with Crippen LogP contribution in [0.5, 0.6) is 0 Å². The highest BCUT2D eigenvalue weighted by Gasteiger charge is 2.40. The van der Waals surface area contributed by atoms with Crippen molar-refractivity contribution in [2.24, 2.45) is 0 Å². The Hall–Kier alpha value is -2.35. The quantitative estimate of drug-likeness (QED) is 0.0747. The van der Waals surface area contributed by atoms with Crippen LogP contribution in [0.25, 0.3) is 0 Å². The molecule has 2 atom stereocenters. The lowest BCUT2D eigenvalue weighted by Crippen LogP contribution is -2.38. The Morgan fingerprint density at radius 3 is 1.69 bits per heavy atom. The maximum Gasteiger partial charge on any atom is 0.244 e. The maximum atomic E-state index is 2.56. The molecule has 0 spiro atoms. The molecule has 0 N–H and O–H groups in total. The fourth-order valence-corrected chi connectivity index (χ4v) is 6.85. The third-order valence-electron chi connectivity index (χ3n) is 9.51. The van der Waals surface area contributed by atoms with Gasteiger partial charge < -0.3 is 0 Å². The monoisotopic (exact) mass is 571 g/mol. The number of unbranched alkanes of at least 4 members (excludes halogenated alkanes) is 15. The second kappa shape index (κ2) is 20.5. The Bertz CT molecular complexity index is 1040. The van der Waals surface area contributed by atoms with Crippen LogP contribution in [0, 0.1) is 0 Å². The van der Waals surface area contributed by atoms with E-state index < -0.39 is 0 Å². The van der Waals surface area contributed by atoms with Crippen LogP contribution in [-0.4, -0.2) is 4.57 Å². The Labute approximate surface area is 260 Å². The highest BCUT2D eigenvalue weighted by molar-refractivity contribution is 5.30. The SMILES string of the molecule is CCCCCCCCCCCCCCCCC(n1cc[n+](CCCCC)c1)C(C)(Cc1ccccc1)c1ccccc1. The number of aryl methyl sites for hydroxylation is 1. The highest BCUT2D eigenvalue weighted by atomic mass is 15.1. The van der Waals surface area contributed by atoms with Gasteiger partial charge in [0.2, 0.25) is 6.33 Å². The Morgan fingerprint density at radius 1 is 0.619 bits per heavy atom. The van der Waals surface area contributed by atoms with Crippen molar-refractivity contribution >= 4 is 0 Å². The van der Waals surface area contributed by atoms with Gasteiger partial charge in [-0.05, 0) is 43.2 Å². The summed E-state index contributed by atoms with van der Waals surface area (Å²) >= 11 is 0. The van der Waals surface area contributed by atoms with Crippen LogP contribution in [0.4, 0.5) is 0 Å². The van der Waals surface area contributed by atoms with Crippen molar-refractivity contribution in [3.8, 4) is 0 Å². The van der Waals surface area contributed by atoms with Gasteiger partial charge in [0.25, 0.3) is 0 Å². The number of rotatable bonds is 24. The Kier molecular flexibility index (Phi) is 16.7. The van der Waals surface area contributed by atoms with Gasteiger partial charge in [-0.15, -0.1) is 0 Å². The number of hydrogen-bond acceptors (Lipinski definition) is 0. The van der Waals surface area contributed by atoms with Crippen LogP contribution in [0.1, 0.15) is 154 Å². The molecule has 1 heterocycles. The van der Waals surface area contributed by atoms with Gasteiger partial charge >= 0.3 is 0 Å². The van der Waals surface area contributed by atoms with Gasteiger partial charge in [0, 0.05) is 5.41 Å². The van der Waals surface area contributed by atoms with Gasteiger partial charge in [-0.2, -0.15) is 0 Å². The average Bonchev–Trinajstić information content (AvgIpc) is 3.48. The topological polar surface area (TPSA) is 8.81 Å². The second-order valence-electron chi connectivity index (χ2n) is 13.2. The number of nitrogens with zero attached hydrogens (tertiary/aromatic N) is 2. The first-order chi connectivity index (χ1) is 20.7. The molecule has 2 heteroatoms. The van der Waals surface area contributed by atoms with E-state index in [0.29, 0.717) is 6.04 Å². The molecule has 1 aromatic heterocycles. The largest absolute Gasteiger partial charge is 0.244 e. The number of imidazole rings is 1. The van der Waals surface area contributed by atoms with Crippen molar-refractivity contribution in [3.05, 3.63) is 90.5 Å². The molecule has 0 bridgehead atoms. The summed E-state index contributed by atoms with van der Waals surface area (Å²) in [5.74, 6) is 0. The summed E-state index contributed by atoms with van der Waals surface area (Å²) in [6, 6.07) is 22.9. The predicted molar refractivity (Wildman–Crippen MR) is 182 cm³/mol.